The first-order valence-corrected chi connectivity index (χ1v) is 7.03. The standard InChI is InChI=1S/C14H27NO/c1-4-14(2)12(15-3)10-13(14)16-11-8-6-5-7-9-11/h11-13,15H,4-10H2,1-3H3. The highest BCUT2D eigenvalue weighted by atomic mass is 16.5. The van der Waals surface area contributed by atoms with Crippen molar-refractivity contribution in [2.75, 3.05) is 7.05 Å². The predicted molar refractivity (Wildman–Crippen MR) is 67.6 cm³/mol. The molecule has 0 aromatic carbocycles. The second-order valence-corrected chi connectivity index (χ2v) is 5.82. The van der Waals surface area contributed by atoms with E-state index in [0.29, 0.717) is 23.7 Å². The fraction of sp³-hybridized carbons (Fsp3) is 1.00. The molecule has 2 fully saturated rings. The first-order valence-electron chi connectivity index (χ1n) is 7.03. The van der Waals surface area contributed by atoms with Crippen LogP contribution in [0.4, 0.5) is 0 Å². The molecule has 0 saturated heterocycles. The minimum atomic E-state index is 0.367. The minimum absolute atomic E-state index is 0.367. The van der Waals surface area contributed by atoms with Crippen LogP contribution in [0.25, 0.3) is 0 Å². The van der Waals surface area contributed by atoms with Crippen molar-refractivity contribution in [2.45, 2.75) is 77.0 Å². The summed E-state index contributed by atoms with van der Waals surface area (Å²) < 4.78 is 6.33. The Labute approximate surface area is 100 Å². The van der Waals surface area contributed by atoms with Crippen LogP contribution in [0.1, 0.15) is 58.8 Å². The van der Waals surface area contributed by atoms with Crippen molar-refractivity contribution in [1.82, 2.24) is 5.32 Å². The Balaban J connectivity index is 1.86. The van der Waals surface area contributed by atoms with Gasteiger partial charge in [0.2, 0.25) is 0 Å². The van der Waals surface area contributed by atoms with Gasteiger partial charge in [0.1, 0.15) is 0 Å². The van der Waals surface area contributed by atoms with E-state index in [4.69, 9.17) is 4.74 Å². The largest absolute Gasteiger partial charge is 0.374 e. The second-order valence-electron chi connectivity index (χ2n) is 5.82. The van der Waals surface area contributed by atoms with Gasteiger partial charge in [0.15, 0.2) is 0 Å². The van der Waals surface area contributed by atoms with E-state index in [9.17, 15) is 0 Å². The molecule has 16 heavy (non-hydrogen) atoms. The molecule has 2 aliphatic carbocycles. The molecule has 2 rings (SSSR count). The molecule has 0 amide bonds. The summed E-state index contributed by atoms with van der Waals surface area (Å²) >= 11 is 0. The lowest BCUT2D eigenvalue weighted by molar-refractivity contribution is -0.161. The van der Waals surface area contributed by atoms with Gasteiger partial charge in [-0.1, -0.05) is 33.1 Å². The molecule has 3 atom stereocenters. The van der Waals surface area contributed by atoms with Crippen LogP contribution in [0.5, 0.6) is 0 Å². The molecule has 0 spiro atoms. The first kappa shape index (κ1) is 12.4. The molecule has 2 nitrogen and oxygen atoms in total. The molecule has 2 aliphatic rings. The Bertz CT molecular complexity index is 225. The Hall–Kier alpha value is -0.0800. The predicted octanol–water partition coefficient (Wildman–Crippen LogP) is 3.11. The van der Waals surface area contributed by atoms with E-state index in [-0.39, 0.29) is 0 Å². The summed E-state index contributed by atoms with van der Waals surface area (Å²) in [6, 6.07) is 0.658. The van der Waals surface area contributed by atoms with E-state index in [1.807, 2.05) is 0 Å². The lowest BCUT2D eigenvalue weighted by atomic mass is 9.61. The lowest BCUT2D eigenvalue weighted by Gasteiger charge is -2.54. The van der Waals surface area contributed by atoms with Crippen molar-refractivity contribution in [2.24, 2.45) is 5.41 Å². The van der Waals surface area contributed by atoms with E-state index < -0.39 is 0 Å². The van der Waals surface area contributed by atoms with Crippen LogP contribution in [0, 0.1) is 5.41 Å². The first-order chi connectivity index (χ1) is 7.70. The molecule has 0 bridgehead atoms. The van der Waals surface area contributed by atoms with Gasteiger partial charge >= 0.3 is 0 Å². The molecular weight excluding hydrogens is 198 g/mol. The van der Waals surface area contributed by atoms with E-state index in [1.54, 1.807) is 0 Å². The maximum atomic E-state index is 6.33. The highest BCUT2D eigenvalue weighted by Gasteiger charge is 2.51. The summed E-state index contributed by atoms with van der Waals surface area (Å²) in [5.74, 6) is 0. The Kier molecular flexibility index (Phi) is 3.91. The van der Waals surface area contributed by atoms with Crippen LogP contribution < -0.4 is 5.32 Å². The maximum Gasteiger partial charge on any atom is 0.0662 e. The SMILES string of the molecule is CCC1(C)C(NC)CC1OC1CCCCC1. The number of hydrogen-bond donors (Lipinski definition) is 1. The molecule has 0 radical (unpaired) electrons. The molecule has 2 heteroatoms. The molecule has 3 unspecified atom stereocenters. The zero-order valence-corrected chi connectivity index (χ0v) is 11.1. The van der Waals surface area contributed by atoms with Gasteiger partial charge in [0, 0.05) is 11.5 Å². The molecule has 0 aromatic heterocycles. The summed E-state index contributed by atoms with van der Waals surface area (Å²) in [4.78, 5) is 0. The third-order valence-corrected chi connectivity index (χ3v) is 5.00. The van der Waals surface area contributed by atoms with Crippen molar-refractivity contribution >= 4 is 0 Å². The molecule has 0 aliphatic heterocycles. The number of hydrogen-bond acceptors (Lipinski definition) is 2. The van der Waals surface area contributed by atoms with Crippen molar-refractivity contribution < 1.29 is 4.74 Å². The van der Waals surface area contributed by atoms with Crippen LogP contribution in [-0.4, -0.2) is 25.3 Å². The van der Waals surface area contributed by atoms with E-state index >= 15 is 0 Å². The van der Waals surface area contributed by atoms with Gasteiger partial charge in [0.05, 0.1) is 12.2 Å². The van der Waals surface area contributed by atoms with Gasteiger partial charge in [-0.25, -0.2) is 0 Å². The van der Waals surface area contributed by atoms with Crippen molar-refractivity contribution in [1.29, 1.82) is 0 Å². The summed E-state index contributed by atoms with van der Waals surface area (Å²) in [7, 11) is 2.08. The Morgan fingerprint density at radius 2 is 1.94 bits per heavy atom. The molecule has 2 saturated carbocycles. The van der Waals surface area contributed by atoms with Gasteiger partial charge in [-0.3, -0.25) is 0 Å². The van der Waals surface area contributed by atoms with Crippen molar-refractivity contribution in [3.8, 4) is 0 Å². The quantitative estimate of drug-likeness (QED) is 0.794. The highest BCUT2D eigenvalue weighted by molar-refractivity contribution is 5.04. The Morgan fingerprint density at radius 3 is 2.50 bits per heavy atom. The smallest absolute Gasteiger partial charge is 0.0662 e. The van der Waals surface area contributed by atoms with Gasteiger partial charge in [-0.05, 0) is 32.7 Å². The average Bonchev–Trinajstić information content (AvgIpc) is 2.34. The van der Waals surface area contributed by atoms with E-state index in [2.05, 4.69) is 26.2 Å². The summed E-state index contributed by atoms with van der Waals surface area (Å²) in [5, 5.41) is 3.43. The number of rotatable bonds is 4. The normalized spacial score (nSPS) is 40.7. The third kappa shape index (κ3) is 2.14. The lowest BCUT2D eigenvalue weighted by Crippen LogP contribution is -2.62. The van der Waals surface area contributed by atoms with Crippen molar-refractivity contribution in [3.63, 3.8) is 0 Å². The molecule has 1 N–H and O–H groups in total. The van der Waals surface area contributed by atoms with Crippen LogP contribution in [-0.2, 0) is 4.74 Å². The van der Waals surface area contributed by atoms with Crippen LogP contribution >= 0.6 is 0 Å². The van der Waals surface area contributed by atoms with Gasteiger partial charge < -0.3 is 10.1 Å². The fourth-order valence-corrected chi connectivity index (χ4v) is 3.38. The molecular formula is C14H27NO. The van der Waals surface area contributed by atoms with E-state index in [0.717, 1.165) is 0 Å². The average molecular weight is 225 g/mol. The van der Waals surface area contributed by atoms with Crippen molar-refractivity contribution in [3.05, 3.63) is 0 Å². The topological polar surface area (TPSA) is 21.3 Å². The van der Waals surface area contributed by atoms with Crippen LogP contribution in [0.15, 0.2) is 0 Å². The maximum absolute atomic E-state index is 6.33. The van der Waals surface area contributed by atoms with E-state index in [1.165, 1.54) is 44.9 Å². The Morgan fingerprint density at radius 1 is 1.25 bits per heavy atom. The van der Waals surface area contributed by atoms with Crippen LogP contribution in [0.3, 0.4) is 0 Å². The minimum Gasteiger partial charge on any atom is -0.374 e. The second kappa shape index (κ2) is 5.05. The summed E-state index contributed by atoms with van der Waals surface area (Å²) in [6.45, 7) is 4.67. The highest BCUT2D eigenvalue weighted by Crippen LogP contribution is 2.46. The van der Waals surface area contributed by atoms with Gasteiger partial charge in [-0.2, -0.15) is 0 Å². The molecule has 0 heterocycles. The molecule has 94 valence electrons. The van der Waals surface area contributed by atoms with Gasteiger partial charge in [-0.15, -0.1) is 0 Å². The fourth-order valence-electron chi connectivity index (χ4n) is 3.38. The summed E-state index contributed by atoms with van der Waals surface area (Å²) in [6.07, 6.45) is 10.2. The molecule has 0 aromatic rings. The summed E-state index contributed by atoms with van der Waals surface area (Å²) in [5.41, 5.74) is 0.367. The zero-order valence-electron chi connectivity index (χ0n) is 11.1. The van der Waals surface area contributed by atoms with Gasteiger partial charge in [0.25, 0.3) is 0 Å². The zero-order chi connectivity index (χ0) is 11.6. The van der Waals surface area contributed by atoms with Crippen LogP contribution in [0.2, 0.25) is 0 Å². The monoisotopic (exact) mass is 225 g/mol. The third-order valence-electron chi connectivity index (χ3n) is 5.00. The number of ether oxygens (including phenoxy) is 1. The number of nitrogens with one attached hydrogen (secondary N) is 1.